The molecule has 1 fully saturated rings. The number of aromatic hydroxyl groups is 1. The number of phenols is 1. The molecule has 3 heterocycles. The second-order valence-electron chi connectivity index (χ2n) is 6.10. The van der Waals surface area contributed by atoms with Gasteiger partial charge >= 0.3 is 0 Å². The number of nitrogens with two attached hydrogens (primary N) is 1. The Balaban J connectivity index is 1.52. The van der Waals surface area contributed by atoms with Crippen molar-refractivity contribution >= 4 is 28.6 Å². The third kappa shape index (κ3) is 2.85. The van der Waals surface area contributed by atoms with Gasteiger partial charge < -0.3 is 20.6 Å². The largest absolute Gasteiger partial charge is 0.507 e. The highest BCUT2D eigenvalue weighted by Crippen LogP contribution is 2.24. The van der Waals surface area contributed by atoms with Crippen molar-refractivity contribution in [3.63, 3.8) is 0 Å². The van der Waals surface area contributed by atoms with E-state index in [2.05, 4.69) is 19.9 Å². The van der Waals surface area contributed by atoms with E-state index in [-0.39, 0.29) is 11.7 Å². The molecule has 2 aromatic heterocycles. The Hall–Kier alpha value is -3.42. The van der Waals surface area contributed by atoms with E-state index in [9.17, 15) is 9.90 Å². The molecule has 0 spiro atoms. The number of fused-ring (bicyclic) bond motifs is 1. The minimum atomic E-state index is -0.162. The normalized spacial score (nSPS) is 14.6. The van der Waals surface area contributed by atoms with Crippen LogP contribution < -0.4 is 10.6 Å². The number of hydrogen-bond donors (Lipinski definition) is 2. The molecule has 0 radical (unpaired) electrons. The lowest BCUT2D eigenvalue weighted by Gasteiger charge is -2.35. The van der Waals surface area contributed by atoms with Gasteiger partial charge in [-0.2, -0.15) is 0 Å². The zero-order valence-corrected chi connectivity index (χ0v) is 14.0. The summed E-state index contributed by atoms with van der Waals surface area (Å²) in [5.74, 6) is 1.05. The molecule has 4 rings (SSSR count). The molecule has 0 bridgehead atoms. The first-order chi connectivity index (χ1) is 12.6. The fraction of sp³-hybridized carbons (Fsp3) is 0.222. The molecule has 1 amide bonds. The lowest BCUT2D eigenvalue weighted by atomic mass is 10.1. The number of anilines is 2. The van der Waals surface area contributed by atoms with Gasteiger partial charge in [0.1, 0.15) is 23.7 Å². The van der Waals surface area contributed by atoms with E-state index in [1.165, 1.54) is 12.4 Å². The monoisotopic (exact) mass is 350 g/mol. The maximum absolute atomic E-state index is 12.6. The molecule has 1 aromatic carbocycles. The summed E-state index contributed by atoms with van der Waals surface area (Å²) < 4.78 is 0. The maximum atomic E-state index is 12.6. The quantitative estimate of drug-likeness (QED) is 0.716. The van der Waals surface area contributed by atoms with Gasteiger partial charge in [0.05, 0.1) is 10.9 Å². The number of rotatable bonds is 2. The average molecular weight is 350 g/mol. The highest BCUT2D eigenvalue weighted by Gasteiger charge is 2.25. The van der Waals surface area contributed by atoms with Crippen LogP contribution in [0.2, 0.25) is 0 Å². The van der Waals surface area contributed by atoms with Crippen molar-refractivity contribution in [3.8, 4) is 5.75 Å². The van der Waals surface area contributed by atoms with Gasteiger partial charge in [-0.15, -0.1) is 0 Å². The zero-order chi connectivity index (χ0) is 18.1. The van der Waals surface area contributed by atoms with Crippen LogP contribution in [0.1, 0.15) is 10.4 Å². The van der Waals surface area contributed by atoms with Crippen molar-refractivity contribution in [1.82, 2.24) is 19.9 Å². The van der Waals surface area contributed by atoms with Crippen LogP contribution >= 0.6 is 0 Å². The molecule has 3 N–H and O–H groups in total. The molecule has 0 saturated carbocycles. The van der Waals surface area contributed by atoms with Gasteiger partial charge in [0.25, 0.3) is 5.91 Å². The van der Waals surface area contributed by atoms with Crippen LogP contribution in [-0.4, -0.2) is 57.0 Å². The number of carbonyl (C=O) groups is 1. The van der Waals surface area contributed by atoms with Gasteiger partial charge in [0, 0.05) is 26.2 Å². The Labute approximate surface area is 149 Å². The fourth-order valence-corrected chi connectivity index (χ4v) is 3.14. The minimum Gasteiger partial charge on any atom is -0.507 e. The fourth-order valence-electron chi connectivity index (χ4n) is 3.14. The van der Waals surface area contributed by atoms with Crippen LogP contribution in [0.5, 0.6) is 5.75 Å². The topological polar surface area (TPSA) is 108 Å². The number of amides is 1. The van der Waals surface area contributed by atoms with Gasteiger partial charge in [-0.25, -0.2) is 15.0 Å². The molecule has 1 aliphatic heterocycles. The van der Waals surface area contributed by atoms with E-state index < -0.39 is 0 Å². The number of benzene rings is 1. The summed E-state index contributed by atoms with van der Waals surface area (Å²) in [7, 11) is 0. The Bertz CT molecular complexity index is 969. The molecule has 0 aliphatic carbocycles. The van der Waals surface area contributed by atoms with Crippen molar-refractivity contribution in [2.45, 2.75) is 0 Å². The van der Waals surface area contributed by atoms with Crippen molar-refractivity contribution in [3.05, 3.63) is 48.3 Å². The molecule has 8 heteroatoms. The van der Waals surface area contributed by atoms with Gasteiger partial charge in [-0.05, 0) is 24.3 Å². The van der Waals surface area contributed by atoms with E-state index >= 15 is 0 Å². The predicted octanol–water partition coefficient (Wildman–Crippen LogP) is 1.28. The van der Waals surface area contributed by atoms with Crippen molar-refractivity contribution in [1.29, 1.82) is 0 Å². The van der Waals surface area contributed by atoms with Crippen molar-refractivity contribution in [2.75, 3.05) is 36.8 Å². The SMILES string of the molecule is Nc1ccc2c(N3CCN(C(=O)c4ccccc4O)CC3)ncnc2n1. The number of pyridine rings is 1. The second kappa shape index (κ2) is 6.47. The number of piperazine rings is 1. The Kier molecular flexibility index (Phi) is 4.00. The molecular formula is C18H18N6O2. The summed E-state index contributed by atoms with van der Waals surface area (Å²) in [6.45, 7) is 2.35. The highest BCUT2D eigenvalue weighted by molar-refractivity contribution is 5.97. The van der Waals surface area contributed by atoms with Crippen LogP contribution in [0, 0.1) is 0 Å². The van der Waals surface area contributed by atoms with Crippen LogP contribution in [0.25, 0.3) is 11.0 Å². The Morgan fingerprint density at radius 1 is 1.04 bits per heavy atom. The van der Waals surface area contributed by atoms with E-state index in [4.69, 9.17) is 5.73 Å². The standard InChI is InChI=1S/C18H18N6O2/c19-15-6-5-13-16(22-15)20-11-21-17(13)23-7-9-24(10-8-23)18(26)12-3-1-2-4-14(12)25/h1-6,11,25H,7-10H2,(H2,19,20,21,22). The number of phenolic OH excluding ortho intramolecular Hbond substituents is 1. The molecule has 3 aromatic rings. The van der Waals surface area contributed by atoms with Crippen molar-refractivity contribution < 1.29 is 9.90 Å². The van der Waals surface area contributed by atoms with E-state index in [0.29, 0.717) is 43.2 Å². The van der Waals surface area contributed by atoms with Gasteiger partial charge in [-0.1, -0.05) is 12.1 Å². The second-order valence-corrected chi connectivity index (χ2v) is 6.10. The Morgan fingerprint density at radius 2 is 1.81 bits per heavy atom. The van der Waals surface area contributed by atoms with Crippen LogP contribution in [0.3, 0.4) is 0 Å². The number of para-hydroxylation sites is 1. The summed E-state index contributed by atoms with van der Waals surface area (Å²) in [5, 5.41) is 10.7. The summed E-state index contributed by atoms with van der Waals surface area (Å²) >= 11 is 0. The lowest BCUT2D eigenvalue weighted by Crippen LogP contribution is -2.49. The molecule has 8 nitrogen and oxygen atoms in total. The lowest BCUT2D eigenvalue weighted by molar-refractivity contribution is 0.0743. The number of carbonyl (C=O) groups excluding carboxylic acids is 1. The summed E-state index contributed by atoms with van der Waals surface area (Å²) in [6, 6.07) is 10.2. The molecular weight excluding hydrogens is 332 g/mol. The summed E-state index contributed by atoms with van der Waals surface area (Å²) in [6.07, 6.45) is 1.48. The maximum Gasteiger partial charge on any atom is 0.257 e. The van der Waals surface area contributed by atoms with Gasteiger partial charge in [0.15, 0.2) is 5.65 Å². The smallest absolute Gasteiger partial charge is 0.257 e. The Morgan fingerprint density at radius 3 is 2.58 bits per heavy atom. The highest BCUT2D eigenvalue weighted by atomic mass is 16.3. The number of nitrogens with zero attached hydrogens (tertiary/aromatic N) is 5. The molecule has 1 aliphatic rings. The van der Waals surface area contributed by atoms with E-state index in [1.807, 2.05) is 6.07 Å². The number of aromatic nitrogens is 3. The van der Waals surface area contributed by atoms with Crippen LogP contribution in [-0.2, 0) is 0 Å². The molecule has 0 unspecified atom stereocenters. The third-order valence-corrected chi connectivity index (χ3v) is 4.50. The molecule has 26 heavy (non-hydrogen) atoms. The van der Waals surface area contributed by atoms with E-state index in [0.717, 1.165) is 11.2 Å². The van der Waals surface area contributed by atoms with Gasteiger partial charge in [0.2, 0.25) is 0 Å². The molecule has 1 saturated heterocycles. The average Bonchev–Trinajstić information content (AvgIpc) is 2.67. The third-order valence-electron chi connectivity index (χ3n) is 4.50. The molecule has 0 atom stereocenters. The van der Waals surface area contributed by atoms with Crippen LogP contribution in [0.4, 0.5) is 11.6 Å². The summed E-state index contributed by atoms with van der Waals surface area (Å²) in [5.41, 5.74) is 6.61. The summed E-state index contributed by atoms with van der Waals surface area (Å²) in [4.78, 5) is 29.3. The van der Waals surface area contributed by atoms with Gasteiger partial charge in [-0.3, -0.25) is 4.79 Å². The molecule has 132 valence electrons. The minimum absolute atomic E-state index is 0.00499. The zero-order valence-electron chi connectivity index (χ0n) is 14.0. The van der Waals surface area contributed by atoms with Crippen molar-refractivity contribution in [2.24, 2.45) is 0 Å². The predicted molar refractivity (Wildman–Crippen MR) is 98.0 cm³/mol. The number of nitrogen functional groups attached to an aromatic ring is 1. The first kappa shape index (κ1) is 16.1. The first-order valence-electron chi connectivity index (χ1n) is 8.33. The van der Waals surface area contributed by atoms with Crippen LogP contribution in [0.15, 0.2) is 42.7 Å². The number of hydrogen-bond acceptors (Lipinski definition) is 7. The van der Waals surface area contributed by atoms with E-state index in [1.54, 1.807) is 29.2 Å². The first-order valence-corrected chi connectivity index (χ1v) is 8.33.